The third kappa shape index (κ3) is 6.86. The van der Waals surface area contributed by atoms with Gasteiger partial charge in [0.15, 0.2) is 0 Å². The Kier molecular flexibility index (Phi) is 9.07. The molecule has 2 aromatic heterocycles. The lowest BCUT2D eigenvalue weighted by molar-refractivity contribution is -0.137. The van der Waals surface area contributed by atoms with E-state index >= 15 is 0 Å². The third-order valence-corrected chi connectivity index (χ3v) is 7.92. The Balaban J connectivity index is 0.00000353. The number of halogens is 4. The molecule has 1 aromatic carbocycles. The molecule has 0 atom stereocenters. The lowest BCUT2D eigenvalue weighted by Crippen LogP contribution is -2.37. The molecule has 2 aliphatic rings. The molecule has 3 aromatic rings. The Morgan fingerprint density at radius 2 is 1.90 bits per heavy atom. The Hall–Kier alpha value is -3.24. The lowest BCUT2D eigenvalue weighted by atomic mass is 9.92. The number of hydrogen-bond acceptors (Lipinski definition) is 4. The Labute approximate surface area is 234 Å². The van der Waals surface area contributed by atoms with E-state index in [9.17, 15) is 22.8 Å². The zero-order valence-electron chi connectivity index (χ0n) is 21.0. The number of imidazole rings is 1. The van der Waals surface area contributed by atoms with E-state index in [0.29, 0.717) is 36.0 Å². The molecule has 0 aliphatic carbocycles. The summed E-state index contributed by atoms with van der Waals surface area (Å²) in [5.74, 6) is 0.189. The molecule has 1 saturated heterocycles. The van der Waals surface area contributed by atoms with Gasteiger partial charge in [0.25, 0.3) is 5.91 Å². The van der Waals surface area contributed by atoms with E-state index in [1.165, 1.54) is 30.0 Å². The fourth-order valence-electron chi connectivity index (χ4n) is 4.81. The van der Waals surface area contributed by atoms with Gasteiger partial charge in [0, 0.05) is 25.7 Å². The van der Waals surface area contributed by atoms with Crippen molar-refractivity contribution >= 4 is 53.8 Å². The lowest BCUT2D eigenvalue weighted by Gasteiger charge is -2.31. The molecule has 4 heterocycles. The third-order valence-electron chi connectivity index (χ3n) is 6.87. The van der Waals surface area contributed by atoms with Crippen molar-refractivity contribution < 1.29 is 22.8 Å². The van der Waals surface area contributed by atoms with Gasteiger partial charge in [-0.3, -0.25) is 14.0 Å². The molecule has 0 spiro atoms. The molecule has 1 N–H and O–H groups in total. The van der Waals surface area contributed by atoms with Gasteiger partial charge in [-0.15, -0.1) is 12.4 Å². The van der Waals surface area contributed by atoms with Gasteiger partial charge in [0.2, 0.25) is 5.91 Å². The maximum atomic E-state index is 12.9. The number of carbonyl (C=O) groups excluding carboxylic acids is 2. The number of alkyl halides is 3. The Morgan fingerprint density at radius 1 is 1.13 bits per heavy atom. The molecule has 2 amide bonds. The minimum absolute atomic E-state index is 0. The first kappa shape index (κ1) is 28.8. The van der Waals surface area contributed by atoms with Crippen LogP contribution in [0.2, 0.25) is 0 Å². The fourth-order valence-corrected chi connectivity index (χ4v) is 5.82. The number of nitrogens with one attached hydrogen (secondary N) is 1. The van der Waals surface area contributed by atoms with Crippen LogP contribution in [0, 0.1) is 5.92 Å². The van der Waals surface area contributed by atoms with Crippen LogP contribution >= 0.6 is 24.2 Å². The maximum absolute atomic E-state index is 12.9. The number of likely N-dealkylation sites (tertiary alicyclic amines) is 1. The average molecular weight is 577 g/mol. The highest BCUT2D eigenvalue weighted by molar-refractivity contribution is 8.04. The molecule has 206 valence electrons. The van der Waals surface area contributed by atoms with Gasteiger partial charge in [-0.25, -0.2) is 4.98 Å². The van der Waals surface area contributed by atoms with Crippen molar-refractivity contribution in [1.82, 2.24) is 19.6 Å². The summed E-state index contributed by atoms with van der Waals surface area (Å²) >= 11 is 1.43. The molecule has 39 heavy (non-hydrogen) atoms. The van der Waals surface area contributed by atoms with Gasteiger partial charge in [-0.2, -0.15) is 13.2 Å². The molecule has 0 bridgehead atoms. The number of pyridine rings is 1. The van der Waals surface area contributed by atoms with Crippen molar-refractivity contribution in [2.24, 2.45) is 5.92 Å². The van der Waals surface area contributed by atoms with Crippen LogP contribution in [0.1, 0.15) is 42.5 Å². The molecule has 0 unspecified atom stereocenters. The SMILES string of the molecule is Cl.O=C(NCCCC1CCN(C(=O)/C=C/c2cccc(C(F)(F)F)c2)CC1)C1=Cc2cnc3cccc(n23)S1. The maximum Gasteiger partial charge on any atom is 0.416 e. The zero-order chi connectivity index (χ0) is 26.7. The van der Waals surface area contributed by atoms with Crippen LogP contribution in [0.15, 0.2) is 64.7 Å². The predicted octanol–water partition coefficient (Wildman–Crippen LogP) is 6.07. The largest absolute Gasteiger partial charge is 0.416 e. The van der Waals surface area contributed by atoms with E-state index in [2.05, 4.69) is 10.3 Å². The van der Waals surface area contributed by atoms with Gasteiger partial charge in [0.05, 0.1) is 27.4 Å². The number of nitrogens with zero attached hydrogens (tertiary/aromatic N) is 3. The summed E-state index contributed by atoms with van der Waals surface area (Å²) in [5, 5.41) is 3.98. The normalized spacial score (nSPS) is 15.8. The number of rotatable bonds is 7. The quantitative estimate of drug-likeness (QED) is 0.274. The summed E-state index contributed by atoms with van der Waals surface area (Å²) in [6.45, 7) is 1.82. The zero-order valence-corrected chi connectivity index (χ0v) is 22.6. The van der Waals surface area contributed by atoms with Crippen LogP contribution in [0.3, 0.4) is 0 Å². The number of amides is 2. The van der Waals surface area contributed by atoms with Gasteiger partial charge >= 0.3 is 6.18 Å². The number of carbonyl (C=O) groups is 2. The van der Waals surface area contributed by atoms with E-state index in [1.54, 1.807) is 17.2 Å². The smallest absolute Gasteiger partial charge is 0.352 e. The van der Waals surface area contributed by atoms with Gasteiger partial charge in [-0.1, -0.05) is 30.0 Å². The number of aromatic nitrogens is 2. The molecule has 0 saturated carbocycles. The number of thioether (sulfide) groups is 1. The van der Waals surface area contributed by atoms with Crippen molar-refractivity contribution in [3.05, 3.63) is 76.5 Å². The molecule has 0 radical (unpaired) electrons. The van der Waals surface area contributed by atoms with Crippen molar-refractivity contribution in [2.45, 2.75) is 36.9 Å². The highest BCUT2D eigenvalue weighted by Gasteiger charge is 2.30. The highest BCUT2D eigenvalue weighted by Crippen LogP contribution is 2.34. The topological polar surface area (TPSA) is 66.7 Å². The molecule has 1 fully saturated rings. The van der Waals surface area contributed by atoms with E-state index < -0.39 is 11.7 Å². The fraction of sp³-hybridized carbons (Fsp3) is 0.321. The Morgan fingerprint density at radius 3 is 2.67 bits per heavy atom. The van der Waals surface area contributed by atoms with Gasteiger partial charge in [0.1, 0.15) is 5.65 Å². The average Bonchev–Trinajstić information content (AvgIpc) is 3.34. The summed E-state index contributed by atoms with van der Waals surface area (Å²) in [6.07, 6.45) is 5.54. The van der Waals surface area contributed by atoms with Crippen molar-refractivity contribution in [1.29, 1.82) is 0 Å². The van der Waals surface area contributed by atoms with Crippen LogP contribution < -0.4 is 5.32 Å². The first-order valence-electron chi connectivity index (χ1n) is 12.6. The first-order chi connectivity index (χ1) is 18.3. The van der Waals surface area contributed by atoms with Crippen LogP contribution in [0.4, 0.5) is 13.2 Å². The molecule has 11 heteroatoms. The second-order valence-electron chi connectivity index (χ2n) is 9.47. The standard InChI is InChI=1S/C28H27F3N4O2S.ClH/c29-28(30,31)21-6-1-4-20(16-21)9-10-25(36)34-14-11-19(12-15-34)5-3-13-32-27(37)23-17-22-18-33-24-7-2-8-26(38-23)35(22)24;/h1-2,4,6-10,16-19H,3,5,11-15H2,(H,32,37);1H/b10-9+;. The summed E-state index contributed by atoms with van der Waals surface area (Å²) in [5.41, 5.74) is 1.37. The first-order valence-corrected chi connectivity index (χ1v) is 13.4. The Bertz CT molecular complexity index is 1410. The molecule has 5 rings (SSSR count). The van der Waals surface area contributed by atoms with E-state index in [-0.39, 0.29) is 24.2 Å². The molecular formula is C28H28ClF3N4O2S. The van der Waals surface area contributed by atoms with Crippen LogP contribution in [0.25, 0.3) is 17.8 Å². The number of hydrogen-bond donors (Lipinski definition) is 1. The van der Waals surface area contributed by atoms with E-state index in [4.69, 9.17) is 0 Å². The summed E-state index contributed by atoms with van der Waals surface area (Å²) in [7, 11) is 0. The van der Waals surface area contributed by atoms with E-state index in [1.807, 2.05) is 28.7 Å². The van der Waals surface area contributed by atoms with Crippen LogP contribution in [0.5, 0.6) is 0 Å². The molecule has 2 aliphatic heterocycles. The number of benzene rings is 1. The minimum Gasteiger partial charge on any atom is -0.352 e. The monoisotopic (exact) mass is 576 g/mol. The van der Waals surface area contributed by atoms with Gasteiger partial charge < -0.3 is 10.2 Å². The van der Waals surface area contributed by atoms with Crippen molar-refractivity contribution in [3.8, 4) is 0 Å². The highest BCUT2D eigenvalue weighted by atomic mass is 35.5. The molecular weight excluding hydrogens is 549 g/mol. The second kappa shape index (κ2) is 12.3. The van der Waals surface area contributed by atoms with Crippen LogP contribution in [-0.4, -0.2) is 45.7 Å². The summed E-state index contributed by atoms with van der Waals surface area (Å²) in [4.78, 5) is 32.0. The van der Waals surface area contributed by atoms with Crippen LogP contribution in [-0.2, 0) is 15.8 Å². The van der Waals surface area contributed by atoms with Crippen molar-refractivity contribution in [3.63, 3.8) is 0 Å². The molecule has 6 nitrogen and oxygen atoms in total. The summed E-state index contributed by atoms with van der Waals surface area (Å²) < 4.78 is 40.7. The van der Waals surface area contributed by atoms with E-state index in [0.717, 1.165) is 54.2 Å². The minimum atomic E-state index is -4.41. The van der Waals surface area contributed by atoms with Crippen molar-refractivity contribution in [2.75, 3.05) is 19.6 Å². The summed E-state index contributed by atoms with van der Waals surface area (Å²) in [6, 6.07) is 10.8. The van der Waals surface area contributed by atoms with Gasteiger partial charge in [-0.05, 0) is 73.6 Å². The second-order valence-corrected chi connectivity index (χ2v) is 10.5. The predicted molar refractivity (Wildman–Crippen MR) is 148 cm³/mol. The number of piperidine rings is 1.